The normalized spacial score (nSPS) is 25.0. The monoisotopic (exact) mass is 388 g/mol. The quantitative estimate of drug-likeness (QED) is 0.743. The molecule has 0 aliphatic carbocycles. The first-order valence-electron chi connectivity index (χ1n) is 10.5. The van der Waals surface area contributed by atoms with Gasteiger partial charge in [0.05, 0.1) is 25.2 Å². The van der Waals surface area contributed by atoms with E-state index in [1.54, 1.807) is 7.11 Å². The molecule has 1 N–H and O–H groups in total. The van der Waals surface area contributed by atoms with Gasteiger partial charge in [-0.2, -0.15) is 0 Å². The number of benzene rings is 1. The maximum Gasteiger partial charge on any atom is 0.225 e. The molecule has 3 unspecified atom stereocenters. The Morgan fingerprint density at radius 1 is 1.32 bits per heavy atom. The minimum Gasteiger partial charge on any atom is -0.496 e. The molecule has 3 rings (SSSR count). The first-order chi connectivity index (χ1) is 13.7. The number of nitrogens with zero attached hydrogens (tertiary/aromatic N) is 1. The molecule has 2 saturated heterocycles. The molecule has 1 aromatic carbocycles. The van der Waals surface area contributed by atoms with E-state index < -0.39 is 0 Å². The summed E-state index contributed by atoms with van der Waals surface area (Å²) >= 11 is 0. The smallest absolute Gasteiger partial charge is 0.225 e. The predicted molar refractivity (Wildman–Crippen MR) is 107 cm³/mol. The third-order valence-corrected chi connectivity index (χ3v) is 5.78. The van der Waals surface area contributed by atoms with Crippen LogP contribution >= 0.6 is 0 Å². The van der Waals surface area contributed by atoms with Gasteiger partial charge >= 0.3 is 0 Å². The van der Waals surface area contributed by atoms with E-state index in [0.29, 0.717) is 25.9 Å². The second kappa shape index (κ2) is 9.92. The molecule has 154 valence electrons. The summed E-state index contributed by atoms with van der Waals surface area (Å²) in [5.41, 5.74) is 0.909. The number of amides is 2. The van der Waals surface area contributed by atoms with Crippen molar-refractivity contribution in [1.82, 2.24) is 10.2 Å². The minimum absolute atomic E-state index is 0.000375. The maximum atomic E-state index is 13.1. The third-order valence-electron chi connectivity index (χ3n) is 5.78. The van der Waals surface area contributed by atoms with Gasteiger partial charge in [0.1, 0.15) is 5.75 Å². The van der Waals surface area contributed by atoms with Crippen LogP contribution in [0, 0.1) is 5.92 Å². The van der Waals surface area contributed by atoms with Crippen LogP contribution in [-0.2, 0) is 14.3 Å². The van der Waals surface area contributed by atoms with Crippen molar-refractivity contribution < 1.29 is 19.1 Å². The minimum atomic E-state index is -0.298. The molecule has 6 nitrogen and oxygen atoms in total. The van der Waals surface area contributed by atoms with Gasteiger partial charge in [-0.1, -0.05) is 31.5 Å². The summed E-state index contributed by atoms with van der Waals surface area (Å²) in [7, 11) is 1.63. The molecule has 2 aliphatic heterocycles. The summed E-state index contributed by atoms with van der Waals surface area (Å²) in [6.07, 6.45) is 5.03. The number of hydrogen-bond acceptors (Lipinski definition) is 4. The molecule has 0 spiro atoms. The Hall–Kier alpha value is -2.08. The van der Waals surface area contributed by atoms with Crippen LogP contribution in [0.3, 0.4) is 0 Å². The first kappa shape index (κ1) is 20.6. The SMILES string of the molecule is CCCCN1C(=O)CCC(C(=O)NCC2CCCO2)C1c1ccccc1OC. The lowest BCUT2D eigenvalue weighted by Gasteiger charge is -2.41. The molecule has 28 heavy (non-hydrogen) atoms. The number of carbonyl (C=O) groups is 2. The van der Waals surface area contributed by atoms with Crippen LogP contribution in [-0.4, -0.2) is 49.6 Å². The second-order valence-electron chi connectivity index (χ2n) is 7.65. The Balaban J connectivity index is 1.84. The highest BCUT2D eigenvalue weighted by molar-refractivity contribution is 5.85. The maximum absolute atomic E-state index is 13.1. The zero-order chi connectivity index (χ0) is 19.9. The Morgan fingerprint density at radius 2 is 2.14 bits per heavy atom. The van der Waals surface area contributed by atoms with Crippen LogP contribution in [0.25, 0.3) is 0 Å². The van der Waals surface area contributed by atoms with Crippen LogP contribution < -0.4 is 10.1 Å². The van der Waals surface area contributed by atoms with Crippen molar-refractivity contribution in [3.05, 3.63) is 29.8 Å². The Labute approximate surface area is 167 Å². The van der Waals surface area contributed by atoms with E-state index in [4.69, 9.17) is 9.47 Å². The van der Waals surface area contributed by atoms with Crippen molar-refractivity contribution >= 4 is 11.8 Å². The molecule has 0 radical (unpaired) electrons. The number of methoxy groups -OCH3 is 1. The fourth-order valence-corrected chi connectivity index (χ4v) is 4.27. The molecule has 1 aromatic rings. The van der Waals surface area contributed by atoms with Crippen LogP contribution in [0.2, 0.25) is 0 Å². The van der Waals surface area contributed by atoms with E-state index in [9.17, 15) is 9.59 Å². The van der Waals surface area contributed by atoms with Crippen molar-refractivity contribution in [3.63, 3.8) is 0 Å². The number of ether oxygens (including phenoxy) is 2. The zero-order valence-electron chi connectivity index (χ0n) is 17.0. The van der Waals surface area contributed by atoms with Gasteiger partial charge in [0.2, 0.25) is 11.8 Å². The van der Waals surface area contributed by atoms with Gasteiger partial charge in [-0.05, 0) is 31.7 Å². The van der Waals surface area contributed by atoms with Crippen LogP contribution in [0.4, 0.5) is 0 Å². The molecule has 2 amide bonds. The Kier molecular flexibility index (Phi) is 7.31. The fourth-order valence-electron chi connectivity index (χ4n) is 4.27. The lowest BCUT2D eigenvalue weighted by Crippen LogP contribution is -2.49. The molecule has 3 atom stereocenters. The average Bonchev–Trinajstić information content (AvgIpc) is 3.24. The summed E-state index contributed by atoms with van der Waals surface area (Å²) in [5, 5.41) is 3.08. The van der Waals surface area contributed by atoms with E-state index in [1.165, 1.54) is 0 Å². The van der Waals surface area contributed by atoms with Crippen LogP contribution in [0.1, 0.15) is 57.1 Å². The van der Waals surface area contributed by atoms with Gasteiger partial charge < -0.3 is 19.7 Å². The van der Waals surface area contributed by atoms with Gasteiger partial charge in [0, 0.05) is 31.7 Å². The molecule has 2 fully saturated rings. The van der Waals surface area contributed by atoms with Crippen LogP contribution in [0.5, 0.6) is 5.75 Å². The lowest BCUT2D eigenvalue weighted by atomic mass is 9.83. The van der Waals surface area contributed by atoms with Crippen molar-refractivity contribution in [2.75, 3.05) is 26.8 Å². The highest BCUT2D eigenvalue weighted by atomic mass is 16.5. The number of piperidine rings is 1. The van der Waals surface area contributed by atoms with Crippen molar-refractivity contribution in [2.45, 2.75) is 57.6 Å². The zero-order valence-corrected chi connectivity index (χ0v) is 17.0. The number of carbonyl (C=O) groups excluding carboxylic acids is 2. The molecule has 0 aromatic heterocycles. The van der Waals surface area contributed by atoms with E-state index in [-0.39, 0.29) is 29.9 Å². The Bertz CT molecular complexity index is 672. The molecule has 0 saturated carbocycles. The molecule has 2 heterocycles. The number of likely N-dealkylation sites (tertiary alicyclic amines) is 1. The van der Waals surface area contributed by atoms with Gasteiger partial charge in [0.15, 0.2) is 0 Å². The largest absolute Gasteiger partial charge is 0.496 e. The number of para-hydroxylation sites is 1. The first-order valence-corrected chi connectivity index (χ1v) is 10.5. The highest BCUT2D eigenvalue weighted by Gasteiger charge is 2.41. The standard InChI is InChI=1S/C22H32N2O4/c1-3-4-13-24-20(25)12-11-18(22(26)23-15-16-8-7-14-28-16)21(24)17-9-5-6-10-19(17)27-2/h5-6,9-10,16,18,21H,3-4,7-8,11-15H2,1-2H3,(H,23,26). The lowest BCUT2D eigenvalue weighted by molar-refractivity contribution is -0.143. The van der Waals surface area contributed by atoms with Gasteiger partial charge in [-0.15, -0.1) is 0 Å². The van der Waals surface area contributed by atoms with E-state index in [1.807, 2.05) is 29.2 Å². The van der Waals surface area contributed by atoms with E-state index in [0.717, 1.165) is 43.6 Å². The van der Waals surface area contributed by atoms with Crippen molar-refractivity contribution in [1.29, 1.82) is 0 Å². The summed E-state index contributed by atoms with van der Waals surface area (Å²) in [5.74, 6) is 0.556. The topological polar surface area (TPSA) is 67.9 Å². The summed E-state index contributed by atoms with van der Waals surface area (Å²) in [4.78, 5) is 27.8. The van der Waals surface area contributed by atoms with Crippen LogP contribution in [0.15, 0.2) is 24.3 Å². The number of rotatable bonds is 8. The van der Waals surface area contributed by atoms with Gasteiger partial charge in [0.25, 0.3) is 0 Å². The number of unbranched alkanes of at least 4 members (excludes halogenated alkanes) is 1. The molecule has 0 bridgehead atoms. The molecule has 2 aliphatic rings. The molecular formula is C22H32N2O4. The van der Waals surface area contributed by atoms with E-state index in [2.05, 4.69) is 12.2 Å². The van der Waals surface area contributed by atoms with Crippen molar-refractivity contribution in [3.8, 4) is 5.75 Å². The average molecular weight is 389 g/mol. The van der Waals surface area contributed by atoms with Gasteiger partial charge in [-0.3, -0.25) is 9.59 Å². The number of nitrogens with one attached hydrogen (secondary N) is 1. The fraction of sp³-hybridized carbons (Fsp3) is 0.636. The van der Waals surface area contributed by atoms with E-state index >= 15 is 0 Å². The molecular weight excluding hydrogens is 356 g/mol. The van der Waals surface area contributed by atoms with Gasteiger partial charge in [-0.25, -0.2) is 0 Å². The summed E-state index contributed by atoms with van der Waals surface area (Å²) in [6.45, 7) is 4.08. The third kappa shape index (κ3) is 4.66. The second-order valence-corrected chi connectivity index (χ2v) is 7.65. The van der Waals surface area contributed by atoms with Crippen molar-refractivity contribution in [2.24, 2.45) is 5.92 Å². The highest BCUT2D eigenvalue weighted by Crippen LogP contribution is 2.40. The number of hydrogen-bond donors (Lipinski definition) is 1. The summed E-state index contributed by atoms with van der Waals surface area (Å²) in [6, 6.07) is 7.43. The molecule has 6 heteroatoms. The predicted octanol–water partition coefficient (Wildman–Crippen LogP) is 3.07. The summed E-state index contributed by atoms with van der Waals surface area (Å²) < 4.78 is 11.2. The Morgan fingerprint density at radius 3 is 2.86 bits per heavy atom.